The van der Waals surface area contributed by atoms with Crippen LogP contribution in [0.5, 0.6) is 0 Å². The second kappa shape index (κ2) is 8.84. The number of hydrogen-bond donors (Lipinski definition) is 4. The zero-order valence-corrected chi connectivity index (χ0v) is 13.8. The maximum Gasteiger partial charge on any atom is 0.0901 e. The van der Waals surface area contributed by atoms with Crippen LogP contribution in [0.2, 0.25) is 0 Å². The maximum atomic E-state index is 10.1. The minimum atomic E-state index is -1.04. The largest absolute Gasteiger partial charge is 0.390 e. The molecular formula is C18H26N4O2. The van der Waals surface area contributed by atoms with E-state index >= 15 is 0 Å². The molecule has 2 aromatic heterocycles. The SMILES string of the molecule is NC(N)(CCC(O)C(O)CCCc1ccncc1)c1ccncc1. The number of rotatable bonds is 9. The first-order valence-corrected chi connectivity index (χ1v) is 8.22. The third-order valence-electron chi connectivity index (χ3n) is 4.23. The Hall–Kier alpha value is -1.86. The van der Waals surface area contributed by atoms with Gasteiger partial charge >= 0.3 is 0 Å². The van der Waals surface area contributed by atoms with Gasteiger partial charge in [-0.2, -0.15) is 0 Å². The lowest BCUT2D eigenvalue weighted by Gasteiger charge is -2.27. The molecule has 130 valence electrons. The van der Waals surface area contributed by atoms with E-state index in [0.29, 0.717) is 19.3 Å². The average Bonchev–Trinajstić information content (AvgIpc) is 2.61. The van der Waals surface area contributed by atoms with Crippen molar-refractivity contribution in [3.63, 3.8) is 0 Å². The summed E-state index contributed by atoms with van der Waals surface area (Å²) in [5.41, 5.74) is 13.1. The lowest BCUT2D eigenvalue weighted by molar-refractivity contribution is 0.00448. The van der Waals surface area contributed by atoms with Crippen molar-refractivity contribution in [2.45, 2.75) is 50.0 Å². The Labute approximate surface area is 142 Å². The Kier molecular flexibility index (Phi) is 6.81. The monoisotopic (exact) mass is 330 g/mol. The lowest BCUT2D eigenvalue weighted by Crippen LogP contribution is -2.47. The summed E-state index contributed by atoms with van der Waals surface area (Å²) in [7, 11) is 0. The summed E-state index contributed by atoms with van der Waals surface area (Å²) in [6, 6.07) is 7.43. The lowest BCUT2D eigenvalue weighted by atomic mass is 9.93. The Morgan fingerprint density at radius 1 is 0.875 bits per heavy atom. The fourth-order valence-electron chi connectivity index (χ4n) is 2.64. The molecule has 2 unspecified atom stereocenters. The van der Waals surface area contributed by atoms with Crippen molar-refractivity contribution in [3.8, 4) is 0 Å². The van der Waals surface area contributed by atoms with Gasteiger partial charge in [-0.3, -0.25) is 9.97 Å². The van der Waals surface area contributed by atoms with E-state index in [1.54, 1.807) is 36.9 Å². The molecule has 6 N–H and O–H groups in total. The highest BCUT2D eigenvalue weighted by molar-refractivity contribution is 5.19. The summed E-state index contributed by atoms with van der Waals surface area (Å²) >= 11 is 0. The van der Waals surface area contributed by atoms with Crippen LogP contribution in [0.4, 0.5) is 0 Å². The van der Waals surface area contributed by atoms with Crippen LogP contribution >= 0.6 is 0 Å². The van der Waals surface area contributed by atoms with Crippen LogP contribution in [-0.2, 0) is 12.1 Å². The van der Waals surface area contributed by atoms with Gasteiger partial charge in [0.05, 0.1) is 17.9 Å². The Balaban J connectivity index is 1.74. The molecule has 0 aliphatic rings. The van der Waals surface area contributed by atoms with E-state index in [4.69, 9.17) is 11.5 Å². The predicted molar refractivity (Wildman–Crippen MR) is 92.7 cm³/mol. The maximum absolute atomic E-state index is 10.1. The molecule has 0 saturated carbocycles. The minimum Gasteiger partial charge on any atom is -0.390 e. The first-order chi connectivity index (χ1) is 11.5. The molecule has 0 aliphatic carbocycles. The second-order valence-electron chi connectivity index (χ2n) is 6.20. The Morgan fingerprint density at radius 2 is 1.42 bits per heavy atom. The number of aliphatic hydroxyl groups is 2. The zero-order valence-electron chi connectivity index (χ0n) is 13.8. The molecular weight excluding hydrogens is 304 g/mol. The molecule has 0 amide bonds. The summed E-state index contributed by atoms with van der Waals surface area (Å²) in [6.07, 6.45) is 8.04. The standard InChI is InChI=1S/C18H26N4O2/c19-18(20,15-7-12-22-13-8-15)9-4-17(24)16(23)3-1-2-14-5-10-21-11-6-14/h5-8,10-13,16-17,23-24H,1-4,9,19-20H2. The molecule has 2 heterocycles. The Bertz CT molecular complexity index is 592. The average molecular weight is 330 g/mol. The third kappa shape index (κ3) is 5.65. The van der Waals surface area contributed by atoms with Crippen LogP contribution in [0.25, 0.3) is 0 Å². The van der Waals surface area contributed by atoms with Crippen molar-refractivity contribution in [2.24, 2.45) is 11.5 Å². The molecule has 2 aromatic rings. The van der Waals surface area contributed by atoms with E-state index < -0.39 is 17.9 Å². The summed E-state index contributed by atoms with van der Waals surface area (Å²) in [4.78, 5) is 7.91. The fraction of sp³-hybridized carbons (Fsp3) is 0.444. The van der Waals surface area contributed by atoms with E-state index in [-0.39, 0.29) is 0 Å². The molecule has 0 saturated heterocycles. The molecule has 0 fully saturated rings. The third-order valence-corrected chi connectivity index (χ3v) is 4.23. The van der Waals surface area contributed by atoms with Crippen LogP contribution in [0.15, 0.2) is 49.1 Å². The van der Waals surface area contributed by atoms with Crippen LogP contribution in [0, 0.1) is 0 Å². The van der Waals surface area contributed by atoms with Crippen molar-refractivity contribution in [3.05, 3.63) is 60.2 Å². The molecule has 0 aliphatic heterocycles. The van der Waals surface area contributed by atoms with Gasteiger partial charge in [-0.05, 0) is 67.5 Å². The molecule has 0 spiro atoms. The predicted octanol–water partition coefficient (Wildman–Crippen LogP) is 1.07. The van der Waals surface area contributed by atoms with Crippen LogP contribution in [0.3, 0.4) is 0 Å². The summed E-state index contributed by atoms with van der Waals surface area (Å²) in [5.74, 6) is 0. The summed E-state index contributed by atoms with van der Waals surface area (Å²) in [5, 5.41) is 20.3. The molecule has 24 heavy (non-hydrogen) atoms. The number of aromatic nitrogens is 2. The highest BCUT2D eigenvalue weighted by Crippen LogP contribution is 2.20. The van der Waals surface area contributed by atoms with Crippen molar-refractivity contribution in [1.29, 1.82) is 0 Å². The highest BCUT2D eigenvalue weighted by atomic mass is 16.3. The van der Waals surface area contributed by atoms with Crippen molar-refractivity contribution in [2.75, 3.05) is 0 Å². The number of aryl methyl sites for hydroxylation is 1. The summed E-state index contributed by atoms with van der Waals surface area (Å²) in [6.45, 7) is 0. The van der Waals surface area contributed by atoms with Gasteiger partial charge in [0, 0.05) is 24.8 Å². The van der Waals surface area contributed by atoms with E-state index in [1.807, 2.05) is 12.1 Å². The fourth-order valence-corrected chi connectivity index (χ4v) is 2.64. The van der Waals surface area contributed by atoms with Crippen LogP contribution < -0.4 is 11.5 Å². The smallest absolute Gasteiger partial charge is 0.0901 e. The molecule has 0 aromatic carbocycles. The van der Waals surface area contributed by atoms with Crippen molar-refractivity contribution in [1.82, 2.24) is 9.97 Å². The molecule has 2 rings (SSSR count). The number of aliphatic hydroxyl groups excluding tert-OH is 2. The van der Waals surface area contributed by atoms with Gasteiger partial charge in [0.2, 0.25) is 0 Å². The quantitative estimate of drug-likeness (QED) is 0.511. The van der Waals surface area contributed by atoms with Gasteiger partial charge in [0.25, 0.3) is 0 Å². The van der Waals surface area contributed by atoms with Gasteiger partial charge in [0.15, 0.2) is 0 Å². The second-order valence-corrected chi connectivity index (χ2v) is 6.20. The van der Waals surface area contributed by atoms with E-state index in [0.717, 1.165) is 18.4 Å². The van der Waals surface area contributed by atoms with Gasteiger partial charge in [-0.1, -0.05) is 0 Å². The van der Waals surface area contributed by atoms with Crippen molar-refractivity contribution < 1.29 is 10.2 Å². The molecule has 0 bridgehead atoms. The van der Waals surface area contributed by atoms with Gasteiger partial charge in [-0.25, -0.2) is 0 Å². The number of pyridine rings is 2. The number of hydrogen-bond acceptors (Lipinski definition) is 6. The minimum absolute atomic E-state index is 0.339. The number of nitrogens with two attached hydrogens (primary N) is 2. The van der Waals surface area contributed by atoms with Crippen LogP contribution in [-0.4, -0.2) is 32.4 Å². The molecule has 6 nitrogen and oxygen atoms in total. The summed E-state index contributed by atoms with van der Waals surface area (Å²) < 4.78 is 0. The molecule has 6 heteroatoms. The first kappa shape index (κ1) is 18.5. The molecule has 0 radical (unpaired) electrons. The van der Waals surface area contributed by atoms with Gasteiger partial charge in [0.1, 0.15) is 0 Å². The normalized spacial score (nSPS) is 14.3. The van der Waals surface area contributed by atoms with Crippen LogP contribution in [0.1, 0.15) is 36.8 Å². The van der Waals surface area contributed by atoms with E-state index in [1.165, 1.54) is 5.56 Å². The topological polar surface area (TPSA) is 118 Å². The Morgan fingerprint density at radius 3 is 2.04 bits per heavy atom. The van der Waals surface area contributed by atoms with E-state index in [2.05, 4.69) is 9.97 Å². The zero-order chi connectivity index (χ0) is 17.4. The highest BCUT2D eigenvalue weighted by Gasteiger charge is 2.25. The van der Waals surface area contributed by atoms with E-state index in [9.17, 15) is 10.2 Å². The van der Waals surface area contributed by atoms with Crippen molar-refractivity contribution >= 4 is 0 Å². The first-order valence-electron chi connectivity index (χ1n) is 8.22. The number of nitrogens with zero attached hydrogens (tertiary/aromatic N) is 2. The molecule has 2 atom stereocenters. The van der Waals surface area contributed by atoms with Gasteiger partial charge in [-0.15, -0.1) is 0 Å². The van der Waals surface area contributed by atoms with Gasteiger partial charge < -0.3 is 21.7 Å².